The molecule has 0 amide bonds. The Hall–Kier alpha value is -2.87. The topological polar surface area (TPSA) is 97.1 Å². The number of benzene rings is 1. The average molecular weight is 356 g/mol. The SMILES string of the molecule is CN(/C(=N/O)c1ccc(N(C)C2CCNCC2)nn1)c1ccc(O)cc1. The van der Waals surface area contributed by atoms with Gasteiger partial charge >= 0.3 is 0 Å². The van der Waals surface area contributed by atoms with E-state index in [9.17, 15) is 10.3 Å². The van der Waals surface area contributed by atoms with E-state index in [1.807, 2.05) is 13.1 Å². The van der Waals surface area contributed by atoms with Crippen LogP contribution in [0.5, 0.6) is 5.75 Å². The van der Waals surface area contributed by atoms with Crippen LogP contribution in [0, 0.1) is 0 Å². The lowest BCUT2D eigenvalue weighted by molar-refractivity contribution is 0.318. The molecule has 1 aliphatic rings. The Morgan fingerprint density at radius 1 is 1.08 bits per heavy atom. The van der Waals surface area contributed by atoms with Crippen LogP contribution in [0.2, 0.25) is 0 Å². The second-order valence-electron chi connectivity index (χ2n) is 6.37. The Morgan fingerprint density at radius 2 is 1.77 bits per heavy atom. The minimum absolute atomic E-state index is 0.176. The molecule has 138 valence electrons. The van der Waals surface area contributed by atoms with Crippen LogP contribution < -0.4 is 15.1 Å². The Bertz CT molecular complexity index is 741. The monoisotopic (exact) mass is 356 g/mol. The fourth-order valence-electron chi connectivity index (χ4n) is 3.10. The standard InChI is InChI=1S/C18H24N6O2/c1-23(14-9-11-19-12-10-14)17-8-7-16(20-21-17)18(22-26)24(2)13-3-5-15(25)6-4-13/h3-8,14,19,25-26H,9-12H2,1-2H3/b22-18+. The van der Waals surface area contributed by atoms with E-state index in [2.05, 4.69) is 25.6 Å². The van der Waals surface area contributed by atoms with Gasteiger partial charge in [0.05, 0.1) is 0 Å². The molecule has 0 atom stereocenters. The first kappa shape index (κ1) is 17.9. The molecule has 8 heteroatoms. The van der Waals surface area contributed by atoms with Gasteiger partial charge in [-0.3, -0.25) is 0 Å². The molecule has 0 bridgehead atoms. The summed E-state index contributed by atoms with van der Waals surface area (Å²) in [6, 6.07) is 10.7. The summed E-state index contributed by atoms with van der Waals surface area (Å²) in [4.78, 5) is 3.83. The second-order valence-corrected chi connectivity index (χ2v) is 6.37. The summed E-state index contributed by atoms with van der Waals surface area (Å²) in [6.07, 6.45) is 2.15. The van der Waals surface area contributed by atoms with Crippen molar-refractivity contribution in [3.05, 3.63) is 42.1 Å². The van der Waals surface area contributed by atoms with Crippen LogP contribution in [0.3, 0.4) is 0 Å². The van der Waals surface area contributed by atoms with Gasteiger partial charge in [0.15, 0.2) is 11.7 Å². The molecule has 2 heterocycles. The van der Waals surface area contributed by atoms with Crippen LogP contribution >= 0.6 is 0 Å². The van der Waals surface area contributed by atoms with Gasteiger partial charge in [-0.25, -0.2) is 0 Å². The van der Waals surface area contributed by atoms with Gasteiger partial charge < -0.3 is 25.4 Å². The van der Waals surface area contributed by atoms with Crippen LogP contribution in [0.25, 0.3) is 0 Å². The smallest absolute Gasteiger partial charge is 0.199 e. The van der Waals surface area contributed by atoms with Crippen LogP contribution in [-0.2, 0) is 0 Å². The van der Waals surface area contributed by atoms with Crippen LogP contribution in [0.1, 0.15) is 18.5 Å². The Labute approximate surface area is 152 Å². The number of aromatic nitrogens is 2. The summed E-state index contributed by atoms with van der Waals surface area (Å²) >= 11 is 0. The first-order chi connectivity index (χ1) is 12.6. The number of aromatic hydroxyl groups is 1. The molecule has 26 heavy (non-hydrogen) atoms. The van der Waals surface area contributed by atoms with Crippen LogP contribution in [-0.4, -0.2) is 59.6 Å². The van der Waals surface area contributed by atoms with Crippen molar-refractivity contribution in [1.82, 2.24) is 15.5 Å². The average Bonchev–Trinajstić information content (AvgIpc) is 2.69. The molecular weight excluding hydrogens is 332 g/mol. The van der Waals surface area contributed by atoms with E-state index in [1.165, 1.54) is 0 Å². The number of anilines is 2. The number of rotatable bonds is 4. The molecule has 1 aromatic carbocycles. The zero-order valence-electron chi connectivity index (χ0n) is 15.0. The normalized spacial score (nSPS) is 15.7. The van der Waals surface area contributed by atoms with Crippen molar-refractivity contribution in [2.75, 3.05) is 37.0 Å². The maximum atomic E-state index is 9.46. The Kier molecular flexibility index (Phi) is 5.52. The Morgan fingerprint density at radius 3 is 2.35 bits per heavy atom. The molecule has 3 rings (SSSR count). The van der Waals surface area contributed by atoms with Gasteiger partial charge in [0.25, 0.3) is 0 Å². The van der Waals surface area contributed by atoms with E-state index in [0.717, 1.165) is 37.4 Å². The summed E-state index contributed by atoms with van der Waals surface area (Å²) in [5, 5.41) is 34.2. The first-order valence-corrected chi connectivity index (χ1v) is 8.62. The molecule has 0 unspecified atom stereocenters. The molecular formula is C18H24N6O2. The maximum Gasteiger partial charge on any atom is 0.199 e. The van der Waals surface area contributed by atoms with Gasteiger partial charge in [0.2, 0.25) is 0 Å². The summed E-state index contributed by atoms with van der Waals surface area (Å²) in [7, 11) is 3.79. The lowest BCUT2D eigenvalue weighted by Gasteiger charge is -2.32. The van der Waals surface area contributed by atoms with Gasteiger partial charge in [-0.1, -0.05) is 5.16 Å². The molecule has 2 aromatic rings. The van der Waals surface area contributed by atoms with E-state index in [4.69, 9.17) is 0 Å². The fourth-order valence-corrected chi connectivity index (χ4v) is 3.10. The molecule has 0 saturated carbocycles. The molecule has 0 radical (unpaired) electrons. The largest absolute Gasteiger partial charge is 0.508 e. The number of nitrogens with zero attached hydrogens (tertiary/aromatic N) is 5. The third kappa shape index (κ3) is 3.85. The molecule has 0 aliphatic carbocycles. The summed E-state index contributed by atoms with van der Waals surface area (Å²) in [6.45, 7) is 2.03. The number of phenols is 1. The van der Waals surface area contributed by atoms with Gasteiger partial charge in [-0.05, 0) is 62.3 Å². The fraction of sp³-hybridized carbons (Fsp3) is 0.389. The van der Waals surface area contributed by atoms with Crippen molar-refractivity contribution in [2.45, 2.75) is 18.9 Å². The molecule has 1 saturated heterocycles. The summed E-state index contributed by atoms with van der Waals surface area (Å²) < 4.78 is 0. The Balaban J connectivity index is 1.76. The van der Waals surface area contributed by atoms with Gasteiger partial charge in [0, 0.05) is 25.8 Å². The zero-order chi connectivity index (χ0) is 18.5. The van der Waals surface area contributed by atoms with Gasteiger partial charge in [-0.2, -0.15) is 0 Å². The van der Waals surface area contributed by atoms with Gasteiger partial charge in [0.1, 0.15) is 11.4 Å². The van der Waals surface area contributed by atoms with Crippen molar-refractivity contribution in [3.63, 3.8) is 0 Å². The molecule has 1 aliphatic heterocycles. The second kappa shape index (κ2) is 8.01. The minimum atomic E-state index is 0.176. The van der Waals surface area contributed by atoms with Crippen molar-refractivity contribution in [2.24, 2.45) is 5.16 Å². The summed E-state index contributed by atoms with van der Waals surface area (Å²) in [5.74, 6) is 1.25. The maximum absolute atomic E-state index is 9.46. The highest BCUT2D eigenvalue weighted by Crippen LogP contribution is 2.20. The quantitative estimate of drug-likeness (QED) is 0.332. The van der Waals surface area contributed by atoms with Crippen LogP contribution in [0.4, 0.5) is 11.5 Å². The van der Waals surface area contributed by atoms with Crippen molar-refractivity contribution in [3.8, 4) is 5.75 Å². The van der Waals surface area contributed by atoms with Crippen LogP contribution in [0.15, 0.2) is 41.6 Å². The lowest BCUT2D eigenvalue weighted by atomic mass is 10.1. The molecule has 1 fully saturated rings. The highest BCUT2D eigenvalue weighted by molar-refractivity contribution is 6.07. The number of hydrogen-bond acceptors (Lipinski definition) is 7. The van der Waals surface area contributed by atoms with E-state index in [0.29, 0.717) is 11.7 Å². The molecule has 1 aromatic heterocycles. The highest BCUT2D eigenvalue weighted by Gasteiger charge is 2.20. The number of amidine groups is 1. The third-order valence-corrected chi connectivity index (χ3v) is 4.75. The van der Waals surface area contributed by atoms with Gasteiger partial charge in [-0.15, -0.1) is 10.2 Å². The number of hydrogen-bond donors (Lipinski definition) is 3. The van der Waals surface area contributed by atoms with Crippen molar-refractivity contribution in [1.29, 1.82) is 0 Å². The number of nitrogens with one attached hydrogen (secondary N) is 1. The first-order valence-electron chi connectivity index (χ1n) is 8.62. The van der Waals surface area contributed by atoms with Crippen molar-refractivity contribution >= 4 is 17.3 Å². The third-order valence-electron chi connectivity index (χ3n) is 4.75. The predicted octanol–water partition coefficient (Wildman–Crippen LogP) is 1.64. The van der Waals surface area contributed by atoms with E-state index >= 15 is 0 Å². The highest BCUT2D eigenvalue weighted by atomic mass is 16.4. The zero-order valence-corrected chi connectivity index (χ0v) is 15.0. The lowest BCUT2D eigenvalue weighted by Crippen LogP contribution is -2.41. The predicted molar refractivity (Wildman–Crippen MR) is 101 cm³/mol. The molecule has 3 N–H and O–H groups in total. The summed E-state index contributed by atoms with van der Waals surface area (Å²) in [5.41, 5.74) is 1.22. The number of piperidine rings is 1. The minimum Gasteiger partial charge on any atom is -0.508 e. The number of phenolic OH excluding ortho intramolecular Hbond substituents is 1. The van der Waals surface area contributed by atoms with E-state index in [1.54, 1.807) is 42.3 Å². The molecule has 0 spiro atoms. The molecule has 8 nitrogen and oxygen atoms in total. The van der Waals surface area contributed by atoms with E-state index in [-0.39, 0.29) is 11.6 Å². The van der Waals surface area contributed by atoms with Crippen molar-refractivity contribution < 1.29 is 10.3 Å². The van der Waals surface area contributed by atoms with E-state index < -0.39 is 0 Å². The number of oxime groups is 1.